The largest absolute Gasteiger partial charge is 0.335 e. The van der Waals surface area contributed by atoms with E-state index in [1.54, 1.807) is 11.8 Å². The van der Waals surface area contributed by atoms with Crippen molar-refractivity contribution >= 4 is 32.5 Å². The van der Waals surface area contributed by atoms with Gasteiger partial charge >= 0.3 is 0 Å². The summed E-state index contributed by atoms with van der Waals surface area (Å²) in [6.07, 6.45) is 0. The Morgan fingerprint density at radius 1 is 1.25 bits per heavy atom. The molecule has 1 saturated heterocycles. The summed E-state index contributed by atoms with van der Waals surface area (Å²) in [5.74, 6) is 0.970. The van der Waals surface area contributed by atoms with Crippen LogP contribution in [-0.4, -0.2) is 36.4 Å². The number of aliphatic imine (C=N–C) groups is 1. The Hall–Kier alpha value is -1.01. The minimum Gasteiger partial charge on any atom is -0.335 e. The van der Waals surface area contributed by atoms with Gasteiger partial charge in [-0.3, -0.25) is 4.99 Å². The van der Waals surface area contributed by atoms with Gasteiger partial charge in [0.15, 0.2) is 15.0 Å². The summed E-state index contributed by atoms with van der Waals surface area (Å²) in [7, 11) is -2.87. The first-order chi connectivity index (χ1) is 9.43. The van der Waals surface area contributed by atoms with Gasteiger partial charge in [0.25, 0.3) is 0 Å². The van der Waals surface area contributed by atoms with E-state index in [2.05, 4.69) is 36.3 Å². The highest BCUT2D eigenvalue weighted by Gasteiger charge is 2.42. The van der Waals surface area contributed by atoms with Crippen molar-refractivity contribution in [2.75, 3.05) is 16.8 Å². The van der Waals surface area contributed by atoms with Crippen molar-refractivity contribution in [3.63, 3.8) is 0 Å². The third-order valence-electron chi connectivity index (χ3n) is 3.65. The van der Waals surface area contributed by atoms with E-state index in [0.29, 0.717) is 5.92 Å². The van der Waals surface area contributed by atoms with E-state index in [1.165, 1.54) is 5.56 Å². The van der Waals surface area contributed by atoms with E-state index in [4.69, 9.17) is 0 Å². The molecule has 20 heavy (non-hydrogen) atoms. The molecule has 1 aromatic carbocycles. The molecular weight excluding hydrogens is 292 g/mol. The molecule has 4 nitrogen and oxygen atoms in total. The lowest BCUT2D eigenvalue weighted by atomic mass is 10.0. The monoisotopic (exact) mass is 310 g/mol. The fourth-order valence-corrected chi connectivity index (χ4v) is 6.17. The Labute approximate surface area is 124 Å². The molecule has 2 atom stereocenters. The summed E-state index contributed by atoms with van der Waals surface area (Å²) in [5.41, 5.74) is 2.31. The summed E-state index contributed by atoms with van der Waals surface area (Å²) in [5, 5.41) is 4.22. The zero-order chi connectivity index (χ0) is 14.3. The Bertz CT molecular complexity index is 636. The number of rotatable bonds is 2. The van der Waals surface area contributed by atoms with Crippen LogP contribution in [-0.2, 0) is 9.84 Å². The maximum Gasteiger partial charge on any atom is 0.161 e. The maximum atomic E-state index is 11.5. The Morgan fingerprint density at radius 3 is 2.55 bits per heavy atom. The number of hydrogen-bond donors (Lipinski definition) is 1. The van der Waals surface area contributed by atoms with Crippen LogP contribution in [0.4, 0.5) is 5.69 Å². The molecule has 6 heteroatoms. The van der Waals surface area contributed by atoms with Crippen molar-refractivity contribution in [2.45, 2.75) is 31.1 Å². The van der Waals surface area contributed by atoms with Gasteiger partial charge in [-0.25, -0.2) is 8.42 Å². The van der Waals surface area contributed by atoms with Crippen molar-refractivity contribution in [1.82, 2.24) is 0 Å². The van der Waals surface area contributed by atoms with Gasteiger partial charge in [-0.1, -0.05) is 37.7 Å². The van der Waals surface area contributed by atoms with Crippen molar-refractivity contribution in [1.29, 1.82) is 0 Å². The van der Waals surface area contributed by atoms with Gasteiger partial charge in [0.1, 0.15) is 0 Å². The SMILES string of the molecule is CC(C)c1ccc(NC2=NC3CS(=O)(=O)CC3S2)cc1. The lowest BCUT2D eigenvalue weighted by Crippen LogP contribution is -2.13. The molecule has 1 N–H and O–H groups in total. The van der Waals surface area contributed by atoms with Crippen LogP contribution in [0.2, 0.25) is 0 Å². The second kappa shape index (κ2) is 5.07. The van der Waals surface area contributed by atoms with Crippen molar-refractivity contribution in [2.24, 2.45) is 4.99 Å². The second-order valence-corrected chi connectivity index (χ2v) is 9.02. The standard InChI is InChI=1S/C14H18N2O2S2/c1-9(2)10-3-5-11(6-4-10)15-14-16-12-7-20(17,18)8-13(12)19-14/h3-6,9,12-13H,7-8H2,1-2H3,(H,15,16). The van der Waals surface area contributed by atoms with Crippen LogP contribution in [0.3, 0.4) is 0 Å². The van der Waals surface area contributed by atoms with Gasteiger partial charge in [-0.05, 0) is 23.6 Å². The molecule has 2 aliphatic rings. The van der Waals surface area contributed by atoms with Crippen LogP contribution >= 0.6 is 11.8 Å². The average Bonchev–Trinajstić information content (AvgIpc) is 2.82. The molecule has 0 spiro atoms. The number of sulfone groups is 1. The first kappa shape index (κ1) is 13.9. The first-order valence-corrected chi connectivity index (χ1v) is 9.45. The highest BCUT2D eigenvalue weighted by atomic mass is 32.2. The third-order valence-corrected chi connectivity index (χ3v) is 6.79. The molecule has 2 heterocycles. The lowest BCUT2D eigenvalue weighted by Gasteiger charge is -2.09. The van der Waals surface area contributed by atoms with Gasteiger partial charge in [-0.15, -0.1) is 0 Å². The summed E-state index contributed by atoms with van der Waals surface area (Å²) in [4.78, 5) is 4.49. The molecule has 0 saturated carbocycles. The van der Waals surface area contributed by atoms with E-state index in [1.807, 2.05) is 12.1 Å². The summed E-state index contributed by atoms with van der Waals surface area (Å²) < 4.78 is 23.0. The van der Waals surface area contributed by atoms with Crippen LogP contribution in [0.25, 0.3) is 0 Å². The molecule has 1 aromatic rings. The van der Waals surface area contributed by atoms with Crippen molar-refractivity contribution < 1.29 is 8.42 Å². The molecule has 0 aromatic heterocycles. The van der Waals surface area contributed by atoms with E-state index in [9.17, 15) is 8.42 Å². The number of anilines is 1. The third kappa shape index (κ3) is 2.86. The minimum atomic E-state index is -2.87. The molecule has 0 aliphatic carbocycles. The Kier molecular flexibility index (Phi) is 3.54. The molecule has 0 bridgehead atoms. The number of amidine groups is 1. The second-order valence-electron chi connectivity index (χ2n) is 5.64. The topological polar surface area (TPSA) is 58.5 Å². The van der Waals surface area contributed by atoms with Crippen molar-refractivity contribution in [3.05, 3.63) is 29.8 Å². The molecule has 1 fully saturated rings. The summed E-state index contributed by atoms with van der Waals surface area (Å²) in [6, 6.07) is 8.24. The summed E-state index contributed by atoms with van der Waals surface area (Å²) in [6.45, 7) is 4.34. The normalized spacial score (nSPS) is 27.4. The van der Waals surface area contributed by atoms with Crippen molar-refractivity contribution in [3.8, 4) is 0 Å². The highest BCUT2D eigenvalue weighted by molar-refractivity contribution is 8.15. The number of nitrogens with zero attached hydrogens (tertiary/aromatic N) is 1. The van der Waals surface area contributed by atoms with Gasteiger partial charge < -0.3 is 5.32 Å². The Morgan fingerprint density at radius 2 is 1.95 bits per heavy atom. The molecule has 2 unspecified atom stereocenters. The number of nitrogens with one attached hydrogen (secondary N) is 1. The molecule has 2 aliphatic heterocycles. The van der Waals surface area contributed by atoms with Crippen LogP contribution in [0.15, 0.2) is 29.3 Å². The number of benzene rings is 1. The zero-order valence-electron chi connectivity index (χ0n) is 11.5. The zero-order valence-corrected chi connectivity index (χ0v) is 13.2. The van der Waals surface area contributed by atoms with E-state index >= 15 is 0 Å². The van der Waals surface area contributed by atoms with Gasteiger partial charge in [-0.2, -0.15) is 0 Å². The Balaban J connectivity index is 1.68. The lowest BCUT2D eigenvalue weighted by molar-refractivity contribution is 0.601. The van der Waals surface area contributed by atoms with Crippen LogP contribution in [0.1, 0.15) is 25.3 Å². The predicted octanol–water partition coefficient (Wildman–Crippen LogP) is 2.49. The predicted molar refractivity (Wildman–Crippen MR) is 85.4 cm³/mol. The molecule has 0 amide bonds. The van der Waals surface area contributed by atoms with E-state index < -0.39 is 9.84 Å². The van der Waals surface area contributed by atoms with Gasteiger partial charge in [0.05, 0.1) is 17.5 Å². The fourth-order valence-electron chi connectivity index (χ4n) is 2.49. The molecule has 108 valence electrons. The number of fused-ring (bicyclic) bond motifs is 1. The number of thioether (sulfide) groups is 1. The summed E-state index contributed by atoms with van der Waals surface area (Å²) >= 11 is 1.55. The number of hydrogen-bond acceptors (Lipinski definition) is 5. The molecular formula is C14H18N2O2S2. The van der Waals surface area contributed by atoms with Gasteiger partial charge in [0, 0.05) is 10.9 Å². The minimum absolute atomic E-state index is 0.0672. The molecule has 3 rings (SSSR count). The quantitative estimate of drug-likeness (QED) is 0.912. The van der Waals surface area contributed by atoms with Crippen LogP contribution in [0, 0.1) is 0 Å². The van der Waals surface area contributed by atoms with Crippen LogP contribution < -0.4 is 5.32 Å². The van der Waals surface area contributed by atoms with E-state index in [0.717, 1.165) is 10.9 Å². The van der Waals surface area contributed by atoms with Crippen LogP contribution in [0.5, 0.6) is 0 Å². The van der Waals surface area contributed by atoms with Gasteiger partial charge in [0.2, 0.25) is 0 Å². The maximum absolute atomic E-state index is 11.5. The average molecular weight is 310 g/mol. The fraction of sp³-hybridized carbons (Fsp3) is 0.500. The van der Waals surface area contributed by atoms with E-state index in [-0.39, 0.29) is 22.8 Å². The smallest absolute Gasteiger partial charge is 0.161 e. The molecule has 0 radical (unpaired) electrons. The first-order valence-electron chi connectivity index (χ1n) is 6.75. The highest BCUT2D eigenvalue weighted by Crippen LogP contribution is 2.34.